The summed E-state index contributed by atoms with van der Waals surface area (Å²) in [5.41, 5.74) is 2.79. The quantitative estimate of drug-likeness (QED) is 0.308. The number of fused-ring (bicyclic) bond motifs is 2. The molecule has 1 aromatic carbocycles. The molecule has 9 nitrogen and oxygen atoms in total. The SMILES string of the molecule is Cc1cc2nc3c(=O)[nH]c(=O)[nH]c3[n+](CCCNC(=O)O)c2cc1C. The second kappa shape index (κ2) is 6.34. The number of aromatic amines is 2. The molecule has 2 aromatic heterocycles. The van der Waals surface area contributed by atoms with E-state index in [1.807, 2.05) is 26.0 Å². The summed E-state index contributed by atoms with van der Waals surface area (Å²) in [4.78, 5) is 43.6. The second-order valence-corrected chi connectivity index (χ2v) is 5.88. The van der Waals surface area contributed by atoms with Gasteiger partial charge in [0.1, 0.15) is 5.52 Å². The largest absolute Gasteiger partial charge is 0.465 e. The highest BCUT2D eigenvalue weighted by Gasteiger charge is 2.19. The van der Waals surface area contributed by atoms with Crippen LogP contribution in [-0.4, -0.2) is 32.7 Å². The van der Waals surface area contributed by atoms with Gasteiger partial charge in [0.2, 0.25) is 5.52 Å². The van der Waals surface area contributed by atoms with Gasteiger partial charge >= 0.3 is 17.4 Å². The van der Waals surface area contributed by atoms with Crippen LogP contribution < -0.4 is 21.1 Å². The molecular formula is C16H18N5O4+. The lowest BCUT2D eigenvalue weighted by Gasteiger charge is -2.09. The number of carbonyl (C=O) groups is 1. The van der Waals surface area contributed by atoms with Crippen LogP contribution in [0.3, 0.4) is 0 Å². The van der Waals surface area contributed by atoms with E-state index in [1.54, 1.807) is 4.57 Å². The highest BCUT2D eigenvalue weighted by molar-refractivity contribution is 5.80. The molecule has 0 atom stereocenters. The molecule has 0 radical (unpaired) electrons. The molecule has 25 heavy (non-hydrogen) atoms. The molecule has 9 heteroatoms. The summed E-state index contributed by atoms with van der Waals surface area (Å²) >= 11 is 0. The van der Waals surface area contributed by atoms with Gasteiger partial charge in [-0.1, -0.05) is 0 Å². The Morgan fingerprint density at radius 2 is 1.96 bits per heavy atom. The number of hydrogen-bond acceptors (Lipinski definition) is 4. The summed E-state index contributed by atoms with van der Waals surface area (Å²) in [6, 6.07) is 3.84. The van der Waals surface area contributed by atoms with Gasteiger partial charge in [0.15, 0.2) is 5.52 Å². The minimum Gasteiger partial charge on any atom is -0.465 e. The molecule has 130 valence electrons. The molecule has 0 aliphatic rings. The van der Waals surface area contributed by atoms with Crippen LogP contribution in [0.5, 0.6) is 0 Å². The minimum atomic E-state index is -1.09. The smallest absolute Gasteiger partial charge is 0.413 e. The third-order valence-corrected chi connectivity index (χ3v) is 4.12. The van der Waals surface area contributed by atoms with Crippen molar-refractivity contribution in [1.82, 2.24) is 20.3 Å². The lowest BCUT2D eigenvalue weighted by Crippen LogP contribution is -2.41. The molecule has 1 amide bonds. The van der Waals surface area contributed by atoms with Crippen LogP contribution >= 0.6 is 0 Å². The second-order valence-electron chi connectivity index (χ2n) is 5.88. The van der Waals surface area contributed by atoms with Gasteiger partial charge in [0, 0.05) is 13.0 Å². The molecule has 2 heterocycles. The average Bonchev–Trinajstić information content (AvgIpc) is 2.53. The Morgan fingerprint density at radius 1 is 1.24 bits per heavy atom. The maximum Gasteiger partial charge on any atom is 0.413 e. The summed E-state index contributed by atoms with van der Waals surface area (Å²) in [6.07, 6.45) is -0.599. The molecule has 0 aliphatic heterocycles. The van der Waals surface area contributed by atoms with Gasteiger partial charge < -0.3 is 10.4 Å². The van der Waals surface area contributed by atoms with E-state index >= 15 is 0 Å². The van der Waals surface area contributed by atoms with E-state index < -0.39 is 17.3 Å². The standard InChI is InChI=1S/C16H17N5O4/c1-8-6-10-11(7-9(8)2)21(5-3-4-17-16(24)25)13-12(18-10)14(22)20-15(23)19-13/h6-7,17H,3-5H2,1-2H3,(H2,20,22,23,24,25)/p+1. The van der Waals surface area contributed by atoms with Gasteiger partial charge in [-0.05, 0) is 37.1 Å². The van der Waals surface area contributed by atoms with Gasteiger partial charge in [-0.15, -0.1) is 0 Å². The Hall–Kier alpha value is -3.23. The first kappa shape index (κ1) is 16.6. The summed E-state index contributed by atoms with van der Waals surface area (Å²) in [5, 5.41) is 11.0. The Bertz CT molecular complexity index is 1100. The van der Waals surface area contributed by atoms with Gasteiger partial charge in [0.25, 0.3) is 5.56 Å². The van der Waals surface area contributed by atoms with Crippen LogP contribution in [0, 0.1) is 13.8 Å². The Balaban J connectivity index is 2.23. The van der Waals surface area contributed by atoms with Crippen LogP contribution in [0.1, 0.15) is 17.5 Å². The highest BCUT2D eigenvalue weighted by atomic mass is 16.4. The average molecular weight is 344 g/mol. The van der Waals surface area contributed by atoms with Crippen molar-refractivity contribution in [3.8, 4) is 0 Å². The molecule has 0 saturated heterocycles. The van der Waals surface area contributed by atoms with Crippen molar-refractivity contribution in [3.05, 3.63) is 44.1 Å². The van der Waals surface area contributed by atoms with E-state index in [0.29, 0.717) is 24.1 Å². The fourth-order valence-corrected chi connectivity index (χ4v) is 2.76. The van der Waals surface area contributed by atoms with E-state index in [0.717, 1.165) is 16.6 Å². The number of nitrogens with one attached hydrogen (secondary N) is 3. The van der Waals surface area contributed by atoms with Crippen molar-refractivity contribution in [3.63, 3.8) is 0 Å². The number of amides is 1. The molecule has 0 bridgehead atoms. The van der Waals surface area contributed by atoms with Crippen molar-refractivity contribution < 1.29 is 14.5 Å². The van der Waals surface area contributed by atoms with Gasteiger partial charge in [-0.25, -0.2) is 19.1 Å². The zero-order chi connectivity index (χ0) is 18.1. The number of aryl methyl sites for hydroxylation is 3. The zero-order valence-electron chi connectivity index (χ0n) is 13.8. The number of carboxylic acid groups (broad SMARTS) is 1. The van der Waals surface area contributed by atoms with Crippen molar-refractivity contribution >= 4 is 28.3 Å². The Morgan fingerprint density at radius 3 is 2.68 bits per heavy atom. The number of benzene rings is 1. The van der Waals surface area contributed by atoms with Crippen LogP contribution in [-0.2, 0) is 6.54 Å². The molecule has 0 fully saturated rings. The fourth-order valence-electron chi connectivity index (χ4n) is 2.76. The van der Waals surface area contributed by atoms with E-state index in [1.165, 1.54) is 0 Å². The molecule has 0 unspecified atom stereocenters. The van der Waals surface area contributed by atoms with Crippen molar-refractivity contribution in [1.29, 1.82) is 0 Å². The lowest BCUT2D eigenvalue weighted by molar-refractivity contribution is -0.647. The van der Waals surface area contributed by atoms with Crippen LogP contribution in [0.25, 0.3) is 22.2 Å². The predicted molar refractivity (Wildman–Crippen MR) is 90.8 cm³/mol. The summed E-state index contributed by atoms with van der Waals surface area (Å²) < 4.78 is 1.80. The van der Waals surface area contributed by atoms with Crippen molar-refractivity contribution in [2.75, 3.05) is 6.54 Å². The summed E-state index contributed by atoms with van der Waals surface area (Å²) in [6.45, 7) is 4.60. The van der Waals surface area contributed by atoms with Crippen molar-refractivity contribution in [2.45, 2.75) is 26.8 Å². The van der Waals surface area contributed by atoms with E-state index in [9.17, 15) is 14.4 Å². The zero-order valence-corrected chi connectivity index (χ0v) is 13.8. The van der Waals surface area contributed by atoms with Gasteiger partial charge in [-0.3, -0.25) is 9.78 Å². The maximum absolute atomic E-state index is 12.1. The summed E-state index contributed by atoms with van der Waals surface area (Å²) in [7, 11) is 0. The lowest BCUT2D eigenvalue weighted by atomic mass is 10.1. The molecule has 0 spiro atoms. The number of rotatable bonds is 4. The number of aromatic nitrogens is 4. The predicted octanol–water partition coefficient (Wildman–Crippen LogP) is 0.327. The van der Waals surface area contributed by atoms with Crippen LogP contribution in [0.4, 0.5) is 4.79 Å². The third kappa shape index (κ3) is 3.21. The topological polar surface area (TPSA) is 132 Å². The van der Waals surface area contributed by atoms with E-state index in [2.05, 4.69) is 20.3 Å². The van der Waals surface area contributed by atoms with Crippen LogP contribution in [0.2, 0.25) is 0 Å². The Kier molecular flexibility index (Phi) is 4.22. The van der Waals surface area contributed by atoms with E-state index in [4.69, 9.17) is 5.11 Å². The van der Waals surface area contributed by atoms with Crippen molar-refractivity contribution in [2.24, 2.45) is 0 Å². The maximum atomic E-state index is 12.1. The molecule has 3 rings (SSSR count). The molecule has 4 N–H and O–H groups in total. The third-order valence-electron chi connectivity index (χ3n) is 4.12. The first-order valence-corrected chi connectivity index (χ1v) is 7.80. The van der Waals surface area contributed by atoms with Gasteiger partial charge in [-0.2, -0.15) is 4.98 Å². The normalized spacial score (nSPS) is 11.1. The molecule has 0 aliphatic carbocycles. The van der Waals surface area contributed by atoms with Crippen LogP contribution in [0.15, 0.2) is 21.7 Å². The summed E-state index contributed by atoms with van der Waals surface area (Å²) in [5.74, 6) is 0. The van der Waals surface area contributed by atoms with Gasteiger partial charge in [0.05, 0.1) is 6.54 Å². The molecular weight excluding hydrogens is 326 g/mol. The minimum absolute atomic E-state index is 0.140. The Labute approximate surface area is 141 Å². The number of nitrogens with zero attached hydrogens (tertiary/aromatic N) is 2. The first-order chi connectivity index (χ1) is 11.9. The number of H-pyrrole nitrogens is 2. The number of hydrogen-bond donors (Lipinski definition) is 4. The first-order valence-electron chi connectivity index (χ1n) is 7.80. The molecule has 0 saturated carbocycles. The fraction of sp³-hybridized carbons (Fsp3) is 0.312. The highest BCUT2D eigenvalue weighted by Crippen LogP contribution is 2.16. The molecule has 3 aromatic rings. The monoisotopic (exact) mass is 344 g/mol. The van der Waals surface area contributed by atoms with E-state index in [-0.39, 0.29) is 12.1 Å².